The molecular formula is C12H17BrN2. The van der Waals surface area contributed by atoms with E-state index in [4.69, 9.17) is 5.73 Å². The van der Waals surface area contributed by atoms with Crippen molar-refractivity contribution in [3.63, 3.8) is 0 Å². The molecule has 0 atom stereocenters. The Kier molecular flexibility index (Phi) is 3.78. The summed E-state index contributed by atoms with van der Waals surface area (Å²) in [6.07, 6.45) is 2.48. The fourth-order valence-electron chi connectivity index (χ4n) is 2.13. The van der Waals surface area contributed by atoms with Gasteiger partial charge in [-0.1, -0.05) is 34.1 Å². The van der Waals surface area contributed by atoms with Crippen LogP contribution in [0, 0.1) is 0 Å². The molecule has 0 aromatic heterocycles. The molecule has 0 radical (unpaired) electrons. The number of nitrogens with one attached hydrogen (secondary N) is 1. The number of nitrogens with two attached hydrogens (primary N) is 1. The molecule has 0 aliphatic heterocycles. The van der Waals surface area contributed by atoms with Crippen molar-refractivity contribution in [2.45, 2.75) is 24.8 Å². The normalized spacial score (nSPS) is 24.9. The summed E-state index contributed by atoms with van der Waals surface area (Å²) in [5.74, 6) is 0.718. The average molecular weight is 269 g/mol. The maximum Gasteiger partial charge on any atom is 0.0210 e. The maximum atomic E-state index is 5.46. The first kappa shape index (κ1) is 11.1. The average Bonchev–Trinajstić information content (AvgIpc) is 2.18. The van der Waals surface area contributed by atoms with E-state index in [0.717, 1.165) is 19.0 Å². The highest BCUT2D eigenvalue weighted by Gasteiger charge is 2.30. The van der Waals surface area contributed by atoms with Gasteiger partial charge in [0.05, 0.1) is 0 Å². The number of rotatable bonds is 4. The van der Waals surface area contributed by atoms with Crippen LogP contribution in [0.4, 0.5) is 0 Å². The van der Waals surface area contributed by atoms with Gasteiger partial charge in [0.2, 0.25) is 0 Å². The maximum absolute atomic E-state index is 5.46. The van der Waals surface area contributed by atoms with Crippen LogP contribution < -0.4 is 11.1 Å². The van der Waals surface area contributed by atoms with E-state index >= 15 is 0 Å². The summed E-state index contributed by atoms with van der Waals surface area (Å²) in [4.78, 5) is 0. The Morgan fingerprint density at radius 2 is 2.07 bits per heavy atom. The molecule has 82 valence electrons. The number of hydrogen-bond acceptors (Lipinski definition) is 2. The van der Waals surface area contributed by atoms with Crippen molar-refractivity contribution in [2.75, 3.05) is 13.1 Å². The van der Waals surface area contributed by atoms with Crippen LogP contribution in [0.25, 0.3) is 0 Å². The largest absolute Gasteiger partial charge is 0.329 e. The molecular weight excluding hydrogens is 252 g/mol. The van der Waals surface area contributed by atoms with Crippen LogP contribution in [0.15, 0.2) is 28.7 Å². The second kappa shape index (κ2) is 5.10. The van der Waals surface area contributed by atoms with Crippen LogP contribution in [0.3, 0.4) is 0 Å². The first-order valence-electron chi connectivity index (χ1n) is 5.49. The van der Waals surface area contributed by atoms with E-state index in [-0.39, 0.29) is 0 Å². The highest BCUT2D eigenvalue weighted by atomic mass is 79.9. The second-order valence-electron chi connectivity index (χ2n) is 4.13. The zero-order valence-corrected chi connectivity index (χ0v) is 10.3. The van der Waals surface area contributed by atoms with Crippen LogP contribution >= 0.6 is 15.9 Å². The number of halogens is 1. The Morgan fingerprint density at radius 1 is 1.33 bits per heavy atom. The molecule has 0 bridgehead atoms. The quantitative estimate of drug-likeness (QED) is 0.879. The lowest BCUT2D eigenvalue weighted by Crippen LogP contribution is -2.42. The Labute approximate surface area is 99.4 Å². The lowest BCUT2D eigenvalue weighted by Gasteiger charge is -2.36. The molecule has 0 amide bonds. The van der Waals surface area contributed by atoms with Crippen molar-refractivity contribution in [2.24, 2.45) is 5.73 Å². The van der Waals surface area contributed by atoms with E-state index in [9.17, 15) is 0 Å². The van der Waals surface area contributed by atoms with Crippen molar-refractivity contribution in [1.82, 2.24) is 5.32 Å². The summed E-state index contributed by atoms with van der Waals surface area (Å²) >= 11 is 3.60. The van der Waals surface area contributed by atoms with Gasteiger partial charge in [-0.3, -0.25) is 0 Å². The van der Waals surface area contributed by atoms with Gasteiger partial charge in [-0.05, 0) is 30.4 Å². The smallest absolute Gasteiger partial charge is 0.0210 e. The van der Waals surface area contributed by atoms with Gasteiger partial charge in [-0.25, -0.2) is 0 Å². The number of benzene rings is 1. The monoisotopic (exact) mass is 268 g/mol. The Morgan fingerprint density at radius 3 is 2.73 bits per heavy atom. The van der Waals surface area contributed by atoms with Crippen LogP contribution in [0.5, 0.6) is 0 Å². The van der Waals surface area contributed by atoms with Gasteiger partial charge in [-0.15, -0.1) is 0 Å². The summed E-state index contributed by atoms with van der Waals surface area (Å²) in [5, 5.41) is 3.45. The molecule has 3 heteroatoms. The standard InChI is InChI=1S/C12H17BrN2/c13-12-4-2-1-3-11(12)9-7-10(8-9)15-6-5-14/h1-4,9-10,15H,5-8,14H2. The zero-order valence-electron chi connectivity index (χ0n) is 8.75. The fraction of sp³-hybridized carbons (Fsp3) is 0.500. The van der Waals surface area contributed by atoms with E-state index < -0.39 is 0 Å². The molecule has 3 N–H and O–H groups in total. The predicted molar refractivity (Wildman–Crippen MR) is 67.0 cm³/mol. The Balaban J connectivity index is 1.87. The van der Waals surface area contributed by atoms with Gasteiger partial charge in [-0.2, -0.15) is 0 Å². The van der Waals surface area contributed by atoms with Crippen LogP contribution in [0.1, 0.15) is 24.3 Å². The molecule has 1 saturated carbocycles. The summed E-state index contributed by atoms with van der Waals surface area (Å²) in [7, 11) is 0. The molecule has 0 saturated heterocycles. The highest BCUT2D eigenvalue weighted by Crippen LogP contribution is 2.39. The summed E-state index contributed by atoms with van der Waals surface area (Å²) in [6, 6.07) is 9.19. The highest BCUT2D eigenvalue weighted by molar-refractivity contribution is 9.10. The van der Waals surface area contributed by atoms with Crippen molar-refractivity contribution in [3.05, 3.63) is 34.3 Å². The van der Waals surface area contributed by atoms with Crippen LogP contribution in [-0.4, -0.2) is 19.1 Å². The third-order valence-corrected chi connectivity index (χ3v) is 3.78. The van der Waals surface area contributed by atoms with Crippen molar-refractivity contribution in [3.8, 4) is 0 Å². The van der Waals surface area contributed by atoms with Crippen LogP contribution in [-0.2, 0) is 0 Å². The molecule has 1 aromatic rings. The zero-order chi connectivity index (χ0) is 10.7. The second-order valence-corrected chi connectivity index (χ2v) is 4.98. The van der Waals surface area contributed by atoms with E-state index in [2.05, 4.69) is 45.5 Å². The minimum Gasteiger partial charge on any atom is -0.329 e. The van der Waals surface area contributed by atoms with E-state index in [1.807, 2.05) is 0 Å². The van der Waals surface area contributed by atoms with Gasteiger partial charge in [0, 0.05) is 23.6 Å². The van der Waals surface area contributed by atoms with Crippen LogP contribution in [0.2, 0.25) is 0 Å². The Bertz CT molecular complexity index is 321. The summed E-state index contributed by atoms with van der Waals surface area (Å²) in [5.41, 5.74) is 6.90. The van der Waals surface area contributed by atoms with Gasteiger partial charge in [0.15, 0.2) is 0 Å². The van der Waals surface area contributed by atoms with E-state index in [1.165, 1.54) is 22.9 Å². The van der Waals surface area contributed by atoms with Crippen molar-refractivity contribution < 1.29 is 0 Å². The van der Waals surface area contributed by atoms with Gasteiger partial charge in [0.1, 0.15) is 0 Å². The molecule has 15 heavy (non-hydrogen) atoms. The molecule has 1 fully saturated rings. The number of hydrogen-bond donors (Lipinski definition) is 2. The molecule has 0 spiro atoms. The van der Waals surface area contributed by atoms with Crippen molar-refractivity contribution in [1.29, 1.82) is 0 Å². The predicted octanol–water partition coefficient (Wildman–Crippen LogP) is 2.24. The first-order valence-corrected chi connectivity index (χ1v) is 6.28. The lowest BCUT2D eigenvalue weighted by molar-refractivity contribution is 0.293. The molecule has 1 aliphatic rings. The first-order chi connectivity index (χ1) is 7.31. The molecule has 2 rings (SSSR count). The SMILES string of the molecule is NCCNC1CC(c2ccccc2Br)C1. The van der Waals surface area contributed by atoms with Gasteiger partial charge in [0.25, 0.3) is 0 Å². The molecule has 1 aliphatic carbocycles. The molecule has 0 heterocycles. The minimum atomic E-state index is 0.672. The Hall–Kier alpha value is -0.380. The van der Waals surface area contributed by atoms with Gasteiger partial charge >= 0.3 is 0 Å². The molecule has 0 unspecified atom stereocenters. The summed E-state index contributed by atoms with van der Waals surface area (Å²) < 4.78 is 1.24. The minimum absolute atomic E-state index is 0.672. The van der Waals surface area contributed by atoms with E-state index in [1.54, 1.807) is 0 Å². The molecule has 1 aromatic carbocycles. The van der Waals surface area contributed by atoms with Crippen molar-refractivity contribution >= 4 is 15.9 Å². The topological polar surface area (TPSA) is 38.0 Å². The summed E-state index contributed by atoms with van der Waals surface area (Å²) in [6.45, 7) is 1.67. The molecule has 2 nitrogen and oxygen atoms in total. The lowest BCUT2D eigenvalue weighted by atomic mass is 9.76. The third-order valence-electron chi connectivity index (χ3n) is 3.06. The van der Waals surface area contributed by atoms with Gasteiger partial charge < -0.3 is 11.1 Å². The third kappa shape index (κ3) is 2.60. The van der Waals surface area contributed by atoms with E-state index in [0.29, 0.717) is 6.04 Å². The fourth-order valence-corrected chi connectivity index (χ4v) is 2.74.